The van der Waals surface area contributed by atoms with Crippen LogP contribution < -0.4 is 5.32 Å². The summed E-state index contributed by atoms with van der Waals surface area (Å²) in [4.78, 5) is 38.3. The molecule has 174 valence electrons. The van der Waals surface area contributed by atoms with Crippen molar-refractivity contribution in [3.8, 4) is 0 Å². The van der Waals surface area contributed by atoms with Crippen molar-refractivity contribution in [2.45, 2.75) is 59.8 Å². The van der Waals surface area contributed by atoms with Gasteiger partial charge in [-0.25, -0.2) is 4.79 Å². The van der Waals surface area contributed by atoms with Crippen LogP contribution in [0, 0.1) is 19.8 Å². The summed E-state index contributed by atoms with van der Waals surface area (Å²) in [6, 6.07) is 0. The molecule has 1 aliphatic carbocycles. The number of aromatic nitrogens is 2. The van der Waals surface area contributed by atoms with Crippen molar-refractivity contribution in [2.75, 3.05) is 18.5 Å². The number of esters is 2. The first-order valence-electron chi connectivity index (χ1n) is 11.0. The Kier molecular flexibility index (Phi) is 7.71. The fourth-order valence-corrected chi connectivity index (χ4v) is 5.46. The quantitative estimate of drug-likeness (QED) is 0.604. The van der Waals surface area contributed by atoms with Gasteiger partial charge < -0.3 is 14.8 Å². The Labute approximate surface area is 192 Å². The van der Waals surface area contributed by atoms with Crippen molar-refractivity contribution in [1.82, 2.24) is 9.78 Å². The molecule has 0 aliphatic heterocycles. The standard InChI is InChI=1S/C23H31N3O5S/c1-6-30-23(29)21-17-8-7-13(2)11-18(17)32-22(21)24-19(27)12-31-20(28)10-9-16-14(3)25-26(5)15(16)4/h13H,6-12H2,1-5H3,(H,24,27). The second kappa shape index (κ2) is 10.3. The molecule has 2 aromatic heterocycles. The zero-order valence-corrected chi connectivity index (χ0v) is 20.2. The van der Waals surface area contributed by atoms with Crippen molar-refractivity contribution in [3.05, 3.63) is 33.0 Å². The number of carbonyl (C=O) groups is 3. The Morgan fingerprint density at radius 2 is 2.00 bits per heavy atom. The lowest BCUT2D eigenvalue weighted by Crippen LogP contribution is -2.22. The molecule has 1 unspecified atom stereocenters. The zero-order valence-electron chi connectivity index (χ0n) is 19.4. The minimum atomic E-state index is -0.468. The molecule has 2 heterocycles. The van der Waals surface area contributed by atoms with Gasteiger partial charge in [-0.1, -0.05) is 6.92 Å². The predicted octanol–water partition coefficient (Wildman–Crippen LogP) is 3.51. The number of carbonyl (C=O) groups excluding carboxylic acids is 3. The molecule has 0 bridgehead atoms. The van der Waals surface area contributed by atoms with Gasteiger partial charge in [-0.2, -0.15) is 5.10 Å². The highest BCUT2D eigenvalue weighted by Gasteiger charge is 2.29. The monoisotopic (exact) mass is 461 g/mol. The van der Waals surface area contributed by atoms with Crippen molar-refractivity contribution >= 4 is 34.2 Å². The number of nitrogens with zero attached hydrogens (tertiary/aromatic N) is 2. The van der Waals surface area contributed by atoms with Gasteiger partial charge in [0.15, 0.2) is 6.61 Å². The van der Waals surface area contributed by atoms with Crippen LogP contribution in [0.15, 0.2) is 0 Å². The van der Waals surface area contributed by atoms with Crippen molar-refractivity contribution in [3.63, 3.8) is 0 Å². The summed E-state index contributed by atoms with van der Waals surface area (Å²) in [7, 11) is 1.86. The van der Waals surface area contributed by atoms with Crippen molar-refractivity contribution in [1.29, 1.82) is 0 Å². The van der Waals surface area contributed by atoms with Gasteiger partial charge >= 0.3 is 11.9 Å². The molecule has 8 nitrogen and oxygen atoms in total. The van der Waals surface area contributed by atoms with Crippen LogP contribution in [-0.2, 0) is 45.4 Å². The largest absolute Gasteiger partial charge is 0.462 e. The maximum Gasteiger partial charge on any atom is 0.341 e. The molecule has 0 radical (unpaired) electrons. The maximum absolute atomic E-state index is 12.5. The summed E-state index contributed by atoms with van der Waals surface area (Å²) < 4.78 is 12.2. The van der Waals surface area contributed by atoms with Crippen LogP contribution in [-0.4, -0.2) is 40.8 Å². The number of amides is 1. The van der Waals surface area contributed by atoms with Gasteiger partial charge in [-0.05, 0) is 63.5 Å². The Morgan fingerprint density at radius 1 is 1.25 bits per heavy atom. The number of ether oxygens (including phenoxy) is 2. The summed E-state index contributed by atoms with van der Waals surface area (Å²) in [5, 5.41) is 7.58. The highest BCUT2D eigenvalue weighted by atomic mass is 32.1. The summed E-state index contributed by atoms with van der Waals surface area (Å²) in [6.45, 7) is 7.66. The third-order valence-electron chi connectivity index (χ3n) is 5.85. The molecule has 32 heavy (non-hydrogen) atoms. The zero-order chi connectivity index (χ0) is 23.4. The number of hydrogen-bond acceptors (Lipinski definition) is 7. The first kappa shape index (κ1) is 24.0. The Morgan fingerprint density at radius 3 is 2.66 bits per heavy atom. The number of nitrogens with one attached hydrogen (secondary N) is 1. The van der Waals surface area contributed by atoms with E-state index in [4.69, 9.17) is 9.47 Å². The SMILES string of the molecule is CCOC(=O)c1c(NC(=O)COC(=O)CCc2c(C)nn(C)c2C)sc2c1CCC(C)C2. The molecule has 9 heteroatoms. The third-order valence-corrected chi connectivity index (χ3v) is 7.02. The summed E-state index contributed by atoms with van der Waals surface area (Å²) >= 11 is 1.41. The lowest BCUT2D eigenvalue weighted by molar-refractivity contribution is -0.147. The topological polar surface area (TPSA) is 99.5 Å². The number of fused-ring (bicyclic) bond motifs is 1. The molecule has 2 aromatic rings. The van der Waals surface area contributed by atoms with Crippen LogP contribution in [0.2, 0.25) is 0 Å². The normalized spacial score (nSPS) is 15.2. The molecule has 1 atom stereocenters. The summed E-state index contributed by atoms with van der Waals surface area (Å²) in [6.07, 6.45) is 3.34. The average molecular weight is 462 g/mol. The predicted molar refractivity (Wildman–Crippen MR) is 122 cm³/mol. The molecule has 0 spiro atoms. The van der Waals surface area contributed by atoms with E-state index in [1.165, 1.54) is 11.3 Å². The lowest BCUT2D eigenvalue weighted by Gasteiger charge is -2.18. The Hall–Kier alpha value is -2.68. The number of thiophene rings is 1. The van der Waals surface area contributed by atoms with Crippen LogP contribution in [0.1, 0.15) is 64.4 Å². The van der Waals surface area contributed by atoms with E-state index in [2.05, 4.69) is 17.3 Å². The van der Waals surface area contributed by atoms with Gasteiger partial charge in [0, 0.05) is 24.0 Å². The molecule has 1 N–H and O–H groups in total. The van der Waals surface area contributed by atoms with Crippen molar-refractivity contribution < 1.29 is 23.9 Å². The van der Waals surface area contributed by atoms with Crippen molar-refractivity contribution in [2.24, 2.45) is 13.0 Å². The first-order chi connectivity index (χ1) is 15.2. The summed E-state index contributed by atoms with van der Waals surface area (Å²) in [5.41, 5.74) is 4.34. The van der Waals surface area contributed by atoms with Crippen LogP contribution in [0.5, 0.6) is 0 Å². The van der Waals surface area contributed by atoms with Gasteiger partial charge in [-0.3, -0.25) is 14.3 Å². The van der Waals surface area contributed by atoms with E-state index in [0.29, 0.717) is 22.9 Å². The molecule has 0 saturated carbocycles. The molecule has 0 fully saturated rings. The number of anilines is 1. The molecule has 0 saturated heterocycles. The van der Waals surface area contributed by atoms with Crippen LogP contribution in [0.3, 0.4) is 0 Å². The van der Waals surface area contributed by atoms with E-state index in [9.17, 15) is 14.4 Å². The fourth-order valence-electron chi connectivity index (χ4n) is 4.05. The molecule has 1 amide bonds. The van der Waals surface area contributed by atoms with Crippen LogP contribution in [0.25, 0.3) is 0 Å². The van der Waals surface area contributed by atoms with E-state index in [0.717, 1.165) is 46.7 Å². The van der Waals surface area contributed by atoms with E-state index in [-0.39, 0.29) is 13.0 Å². The third kappa shape index (κ3) is 5.38. The molecular weight excluding hydrogens is 430 g/mol. The maximum atomic E-state index is 12.5. The van der Waals surface area contributed by atoms with E-state index < -0.39 is 24.5 Å². The second-order valence-electron chi connectivity index (χ2n) is 8.26. The number of rotatable bonds is 8. The summed E-state index contributed by atoms with van der Waals surface area (Å²) in [5.74, 6) is -0.807. The highest BCUT2D eigenvalue weighted by Crippen LogP contribution is 2.40. The van der Waals surface area contributed by atoms with Crippen LogP contribution >= 0.6 is 11.3 Å². The van der Waals surface area contributed by atoms with E-state index in [1.54, 1.807) is 11.6 Å². The molecule has 0 aromatic carbocycles. The molecule has 1 aliphatic rings. The Bertz CT molecular complexity index is 1020. The van der Waals surface area contributed by atoms with Crippen LogP contribution in [0.4, 0.5) is 5.00 Å². The lowest BCUT2D eigenvalue weighted by atomic mass is 9.88. The number of hydrogen-bond donors (Lipinski definition) is 1. The second-order valence-corrected chi connectivity index (χ2v) is 9.36. The molecule has 3 rings (SSSR count). The van der Waals surface area contributed by atoms with Gasteiger partial charge in [0.05, 0.1) is 17.9 Å². The Balaban J connectivity index is 1.59. The van der Waals surface area contributed by atoms with Gasteiger partial charge in [0.2, 0.25) is 0 Å². The van der Waals surface area contributed by atoms with E-state index in [1.807, 2.05) is 20.9 Å². The first-order valence-corrected chi connectivity index (χ1v) is 11.8. The number of aryl methyl sites for hydroxylation is 2. The highest BCUT2D eigenvalue weighted by molar-refractivity contribution is 7.17. The average Bonchev–Trinajstić information content (AvgIpc) is 3.20. The van der Waals surface area contributed by atoms with Gasteiger partial charge in [-0.15, -0.1) is 11.3 Å². The van der Waals surface area contributed by atoms with Gasteiger partial charge in [0.25, 0.3) is 5.91 Å². The van der Waals surface area contributed by atoms with E-state index >= 15 is 0 Å². The smallest absolute Gasteiger partial charge is 0.341 e. The molecular formula is C23H31N3O5S. The minimum absolute atomic E-state index is 0.167. The fraction of sp³-hybridized carbons (Fsp3) is 0.565. The van der Waals surface area contributed by atoms with Gasteiger partial charge in [0.1, 0.15) is 5.00 Å². The minimum Gasteiger partial charge on any atom is -0.462 e.